The zero-order valence-electron chi connectivity index (χ0n) is 9.87. The van der Waals surface area contributed by atoms with Crippen molar-refractivity contribution in [2.24, 2.45) is 0 Å². The summed E-state index contributed by atoms with van der Waals surface area (Å²) in [7, 11) is 0. The highest BCUT2D eigenvalue weighted by Gasteiger charge is 2.30. The first-order valence-corrected chi connectivity index (χ1v) is 6.00. The van der Waals surface area contributed by atoms with Crippen molar-refractivity contribution >= 4 is 22.6 Å². The summed E-state index contributed by atoms with van der Waals surface area (Å²) in [5.74, 6) is 0. The molecule has 0 unspecified atom stereocenters. The molecule has 3 rings (SSSR count). The van der Waals surface area contributed by atoms with Crippen LogP contribution in [0, 0.1) is 0 Å². The molecule has 0 aliphatic rings. The molecule has 0 spiro atoms. The van der Waals surface area contributed by atoms with Crippen molar-refractivity contribution in [2.75, 3.05) is 0 Å². The van der Waals surface area contributed by atoms with Gasteiger partial charge in [0.1, 0.15) is 11.0 Å². The van der Waals surface area contributed by atoms with E-state index in [0.717, 1.165) is 12.1 Å². The summed E-state index contributed by atoms with van der Waals surface area (Å²) in [5, 5.41) is 10.8. The van der Waals surface area contributed by atoms with Gasteiger partial charge >= 0.3 is 6.18 Å². The Hall–Kier alpha value is -2.08. The van der Waals surface area contributed by atoms with Gasteiger partial charge in [0.05, 0.1) is 5.56 Å². The molecule has 0 saturated heterocycles. The van der Waals surface area contributed by atoms with Crippen molar-refractivity contribution in [3.05, 3.63) is 47.0 Å². The Morgan fingerprint density at radius 1 is 1.00 bits per heavy atom. The molecule has 7 heteroatoms. The number of rotatable bonds is 1. The third-order valence-corrected chi connectivity index (χ3v) is 3.13. The summed E-state index contributed by atoms with van der Waals surface area (Å²) in [6.45, 7) is 0. The maximum atomic E-state index is 12.5. The van der Waals surface area contributed by atoms with Crippen molar-refractivity contribution in [2.45, 2.75) is 6.18 Å². The predicted octanol–water partition coefficient (Wildman–Crippen LogP) is 4.30. The minimum Gasteiger partial charge on any atom is -0.197 e. The molecule has 3 nitrogen and oxygen atoms in total. The summed E-state index contributed by atoms with van der Waals surface area (Å²) in [5.41, 5.74) is 1.66. The van der Waals surface area contributed by atoms with Crippen molar-refractivity contribution in [3.8, 4) is 11.1 Å². The van der Waals surface area contributed by atoms with Gasteiger partial charge in [0, 0.05) is 10.6 Å². The molecular formula is C13H7ClF3N3. The first kappa shape index (κ1) is 12.9. The molecule has 2 aromatic carbocycles. The number of nitrogens with zero attached hydrogens (tertiary/aromatic N) is 2. The summed E-state index contributed by atoms with van der Waals surface area (Å²) >= 11 is 5.97. The summed E-state index contributed by atoms with van der Waals surface area (Å²) in [4.78, 5) is 0. The molecule has 3 aromatic rings. The SMILES string of the molecule is FC(F)(F)c1ccc(-c2cc(Cl)cc3n[nH]nc23)cc1. The third-order valence-electron chi connectivity index (χ3n) is 2.91. The van der Waals surface area contributed by atoms with E-state index in [9.17, 15) is 13.2 Å². The Kier molecular flexibility index (Phi) is 2.90. The maximum Gasteiger partial charge on any atom is 0.416 e. The van der Waals surface area contributed by atoms with Crippen LogP contribution in [0.3, 0.4) is 0 Å². The van der Waals surface area contributed by atoms with E-state index in [1.54, 1.807) is 12.1 Å². The molecule has 0 saturated carbocycles. The number of aromatic nitrogens is 3. The minimum atomic E-state index is -4.35. The van der Waals surface area contributed by atoms with Gasteiger partial charge in [-0.3, -0.25) is 0 Å². The van der Waals surface area contributed by atoms with Crippen LogP contribution in [0.5, 0.6) is 0 Å². The van der Waals surface area contributed by atoms with Gasteiger partial charge in [0.2, 0.25) is 0 Å². The fourth-order valence-electron chi connectivity index (χ4n) is 1.98. The van der Waals surface area contributed by atoms with Crippen LogP contribution in [0.2, 0.25) is 5.02 Å². The van der Waals surface area contributed by atoms with E-state index in [0.29, 0.717) is 27.2 Å². The fourth-order valence-corrected chi connectivity index (χ4v) is 2.19. The zero-order valence-corrected chi connectivity index (χ0v) is 10.6. The number of hydrogen-bond acceptors (Lipinski definition) is 2. The second-order valence-electron chi connectivity index (χ2n) is 4.22. The van der Waals surface area contributed by atoms with Crippen LogP contribution in [0.15, 0.2) is 36.4 Å². The first-order chi connectivity index (χ1) is 9.45. The topological polar surface area (TPSA) is 41.6 Å². The predicted molar refractivity (Wildman–Crippen MR) is 69.3 cm³/mol. The highest BCUT2D eigenvalue weighted by molar-refractivity contribution is 6.31. The number of alkyl halides is 3. The van der Waals surface area contributed by atoms with Crippen LogP contribution in [0.25, 0.3) is 22.2 Å². The number of benzene rings is 2. The van der Waals surface area contributed by atoms with Gasteiger partial charge in [-0.05, 0) is 29.8 Å². The Balaban J connectivity index is 2.14. The lowest BCUT2D eigenvalue weighted by Crippen LogP contribution is -2.04. The quantitative estimate of drug-likeness (QED) is 0.727. The molecule has 0 fully saturated rings. The Labute approximate surface area is 116 Å². The standard InChI is InChI=1S/C13H7ClF3N3/c14-9-5-10(12-11(6-9)18-20-19-12)7-1-3-8(4-2-7)13(15,16)17/h1-6H,(H,18,19,20). The number of hydrogen-bond donors (Lipinski definition) is 1. The van der Waals surface area contributed by atoms with E-state index in [2.05, 4.69) is 15.4 Å². The van der Waals surface area contributed by atoms with Crippen LogP contribution in [0.1, 0.15) is 5.56 Å². The normalized spacial score (nSPS) is 12.0. The van der Waals surface area contributed by atoms with Gasteiger partial charge in [-0.2, -0.15) is 28.6 Å². The van der Waals surface area contributed by atoms with Crippen LogP contribution >= 0.6 is 11.6 Å². The van der Waals surface area contributed by atoms with E-state index >= 15 is 0 Å². The molecule has 1 aromatic heterocycles. The molecule has 1 N–H and O–H groups in total. The lowest BCUT2D eigenvalue weighted by Gasteiger charge is -2.08. The lowest BCUT2D eigenvalue weighted by molar-refractivity contribution is -0.137. The monoisotopic (exact) mass is 297 g/mol. The molecule has 0 amide bonds. The van der Waals surface area contributed by atoms with Gasteiger partial charge < -0.3 is 0 Å². The maximum absolute atomic E-state index is 12.5. The molecule has 102 valence electrons. The molecule has 0 radical (unpaired) electrons. The van der Waals surface area contributed by atoms with E-state index in [4.69, 9.17) is 11.6 Å². The smallest absolute Gasteiger partial charge is 0.197 e. The van der Waals surface area contributed by atoms with E-state index in [1.807, 2.05) is 0 Å². The number of H-pyrrole nitrogens is 1. The van der Waals surface area contributed by atoms with E-state index in [1.165, 1.54) is 12.1 Å². The van der Waals surface area contributed by atoms with Crippen molar-refractivity contribution in [1.82, 2.24) is 15.4 Å². The second kappa shape index (κ2) is 4.49. The lowest BCUT2D eigenvalue weighted by atomic mass is 10.0. The Morgan fingerprint density at radius 2 is 1.70 bits per heavy atom. The average molecular weight is 298 g/mol. The van der Waals surface area contributed by atoms with E-state index < -0.39 is 11.7 Å². The van der Waals surface area contributed by atoms with Gasteiger partial charge in [0.25, 0.3) is 0 Å². The molecule has 0 aliphatic heterocycles. The Morgan fingerprint density at radius 3 is 2.35 bits per heavy atom. The number of aromatic amines is 1. The van der Waals surface area contributed by atoms with Gasteiger partial charge in [-0.25, -0.2) is 0 Å². The second-order valence-corrected chi connectivity index (χ2v) is 4.66. The van der Waals surface area contributed by atoms with Crippen molar-refractivity contribution in [1.29, 1.82) is 0 Å². The number of fused-ring (bicyclic) bond motifs is 1. The fraction of sp³-hybridized carbons (Fsp3) is 0.0769. The van der Waals surface area contributed by atoms with Crippen molar-refractivity contribution in [3.63, 3.8) is 0 Å². The van der Waals surface area contributed by atoms with Crippen LogP contribution < -0.4 is 0 Å². The number of halogens is 4. The number of nitrogens with one attached hydrogen (secondary N) is 1. The van der Waals surface area contributed by atoms with Crippen LogP contribution in [-0.2, 0) is 6.18 Å². The summed E-state index contributed by atoms with van der Waals surface area (Å²) < 4.78 is 37.6. The van der Waals surface area contributed by atoms with Gasteiger partial charge in [0.15, 0.2) is 0 Å². The molecule has 20 heavy (non-hydrogen) atoms. The van der Waals surface area contributed by atoms with Crippen LogP contribution in [-0.4, -0.2) is 15.4 Å². The van der Waals surface area contributed by atoms with Crippen molar-refractivity contribution < 1.29 is 13.2 Å². The summed E-state index contributed by atoms with van der Waals surface area (Å²) in [6, 6.07) is 8.12. The van der Waals surface area contributed by atoms with Gasteiger partial charge in [-0.1, -0.05) is 23.7 Å². The molecule has 0 aliphatic carbocycles. The molecule has 0 atom stereocenters. The largest absolute Gasteiger partial charge is 0.416 e. The third kappa shape index (κ3) is 2.22. The summed E-state index contributed by atoms with van der Waals surface area (Å²) in [6.07, 6.45) is -4.35. The van der Waals surface area contributed by atoms with Gasteiger partial charge in [-0.15, -0.1) is 0 Å². The average Bonchev–Trinajstić information content (AvgIpc) is 2.85. The minimum absolute atomic E-state index is 0.446. The Bertz CT molecular complexity index is 763. The molecule has 1 heterocycles. The van der Waals surface area contributed by atoms with E-state index in [-0.39, 0.29) is 0 Å². The molecule has 0 bridgehead atoms. The molecular weight excluding hydrogens is 291 g/mol. The van der Waals surface area contributed by atoms with Crippen LogP contribution in [0.4, 0.5) is 13.2 Å². The first-order valence-electron chi connectivity index (χ1n) is 5.63. The zero-order chi connectivity index (χ0) is 14.3. The highest BCUT2D eigenvalue weighted by atomic mass is 35.5. The highest BCUT2D eigenvalue weighted by Crippen LogP contribution is 2.33.